The molecule has 0 heterocycles. The highest BCUT2D eigenvalue weighted by Gasteiger charge is 2.33. The smallest absolute Gasteiger partial charge is 0.244 e. The van der Waals surface area contributed by atoms with E-state index in [1.54, 1.807) is 30.3 Å². The molecule has 0 saturated carbocycles. The van der Waals surface area contributed by atoms with Crippen LogP contribution in [-0.4, -0.2) is 115 Å². The Labute approximate surface area is 357 Å². The molecule has 18 N–H and O–H groups in total. The van der Waals surface area contributed by atoms with E-state index in [0.29, 0.717) is 25.8 Å². The van der Waals surface area contributed by atoms with Gasteiger partial charge >= 0.3 is 0 Å². The molecule has 0 aromatic heterocycles. The molecule has 0 spiro atoms. The van der Waals surface area contributed by atoms with Crippen molar-refractivity contribution < 1.29 is 33.6 Å². The number of carbonyl (C=O) groups excluding carboxylic acids is 7. The monoisotopic (exact) mass is 862 g/mol. The van der Waals surface area contributed by atoms with E-state index in [0.717, 1.165) is 5.56 Å². The third-order valence-corrected chi connectivity index (χ3v) is 9.26. The van der Waals surface area contributed by atoms with Gasteiger partial charge in [-0.05, 0) is 69.4 Å². The summed E-state index contributed by atoms with van der Waals surface area (Å²) in [6, 6.07) is 1.96. The fourth-order valence-electron chi connectivity index (χ4n) is 5.88. The summed E-state index contributed by atoms with van der Waals surface area (Å²) < 4.78 is 0. The molecule has 1 rings (SSSR count). The normalized spacial score (nSPS) is 13.8. The van der Waals surface area contributed by atoms with Gasteiger partial charge in [0, 0.05) is 32.2 Å². The van der Waals surface area contributed by atoms with Crippen molar-refractivity contribution in [1.29, 1.82) is 0 Å². The number of nitrogens with zero attached hydrogens (tertiary/aromatic N) is 2. The van der Waals surface area contributed by atoms with Gasteiger partial charge in [0.25, 0.3) is 0 Å². The zero-order valence-corrected chi connectivity index (χ0v) is 35.7. The molecule has 0 bridgehead atoms. The van der Waals surface area contributed by atoms with Crippen LogP contribution < -0.4 is 66.3 Å². The van der Waals surface area contributed by atoms with Crippen LogP contribution >= 0.6 is 12.6 Å². The molecule has 21 nitrogen and oxygen atoms in total. The van der Waals surface area contributed by atoms with Crippen LogP contribution in [0.2, 0.25) is 0 Å². The van der Waals surface area contributed by atoms with Crippen molar-refractivity contribution in [3.8, 4) is 0 Å². The van der Waals surface area contributed by atoms with Crippen LogP contribution in [0.4, 0.5) is 0 Å². The summed E-state index contributed by atoms with van der Waals surface area (Å²) in [5.74, 6) is -5.31. The molecular formula is C38H66N14O7S. The second-order valence-electron chi connectivity index (χ2n) is 14.6. The average Bonchev–Trinajstić information content (AvgIpc) is 3.17. The first-order valence-electron chi connectivity index (χ1n) is 19.9. The van der Waals surface area contributed by atoms with Crippen LogP contribution in [-0.2, 0) is 40.0 Å². The number of thiol groups is 1. The number of nitrogens with two attached hydrogens (primary N) is 6. The number of hydrogen-bond acceptors (Lipinski definition) is 11. The highest BCUT2D eigenvalue weighted by molar-refractivity contribution is 7.80. The van der Waals surface area contributed by atoms with Crippen LogP contribution in [0.5, 0.6) is 0 Å². The van der Waals surface area contributed by atoms with Crippen LogP contribution in [0.1, 0.15) is 77.7 Å². The Morgan fingerprint density at radius 3 is 1.40 bits per heavy atom. The number of unbranched alkanes of at least 4 members (excludes halogenated alkanes) is 1. The molecule has 0 aliphatic carbocycles. The van der Waals surface area contributed by atoms with Crippen LogP contribution in [0, 0.1) is 5.92 Å². The van der Waals surface area contributed by atoms with Gasteiger partial charge in [-0.25, -0.2) is 0 Å². The van der Waals surface area contributed by atoms with Gasteiger partial charge in [-0.1, -0.05) is 44.2 Å². The van der Waals surface area contributed by atoms with Crippen LogP contribution in [0.3, 0.4) is 0 Å². The number of primary amides is 1. The Kier molecular flexibility index (Phi) is 25.1. The van der Waals surface area contributed by atoms with E-state index in [4.69, 9.17) is 34.4 Å². The molecular weight excluding hydrogens is 797 g/mol. The summed E-state index contributed by atoms with van der Waals surface area (Å²) in [5.41, 5.74) is 34.0. The van der Waals surface area contributed by atoms with E-state index in [1.807, 2.05) is 13.8 Å². The maximum absolute atomic E-state index is 14.0. The maximum atomic E-state index is 14.0. The van der Waals surface area contributed by atoms with Crippen molar-refractivity contribution in [3.63, 3.8) is 0 Å². The lowest BCUT2D eigenvalue weighted by Gasteiger charge is -2.27. The molecule has 336 valence electrons. The summed E-state index contributed by atoms with van der Waals surface area (Å²) in [4.78, 5) is 101. The Balaban J connectivity index is 3.41. The van der Waals surface area contributed by atoms with E-state index in [-0.39, 0.29) is 75.2 Å². The van der Waals surface area contributed by atoms with E-state index >= 15 is 0 Å². The van der Waals surface area contributed by atoms with Crippen molar-refractivity contribution in [3.05, 3.63) is 35.9 Å². The lowest BCUT2D eigenvalue weighted by atomic mass is 10.0. The van der Waals surface area contributed by atoms with Crippen molar-refractivity contribution in [2.75, 3.05) is 25.4 Å². The molecule has 6 atom stereocenters. The van der Waals surface area contributed by atoms with Crippen molar-refractivity contribution in [1.82, 2.24) is 31.9 Å². The molecule has 0 fully saturated rings. The van der Waals surface area contributed by atoms with E-state index < -0.39 is 77.6 Å². The minimum Gasteiger partial charge on any atom is -0.370 e. The number of aliphatic imine (C=N–C) groups is 2. The molecule has 0 saturated heterocycles. The lowest BCUT2D eigenvalue weighted by Crippen LogP contribution is -2.60. The minimum absolute atomic E-state index is 0.00616. The van der Waals surface area contributed by atoms with Crippen LogP contribution in [0.15, 0.2) is 40.3 Å². The lowest BCUT2D eigenvalue weighted by molar-refractivity contribution is -0.135. The van der Waals surface area contributed by atoms with E-state index in [9.17, 15) is 33.6 Å². The van der Waals surface area contributed by atoms with Gasteiger partial charge in [-0.3, -0.25) is 43.5 Å². The molecule has 0 aliphatic rings. The van der Waals surface area contributed by atoms with Gasteiger partial charge in [-0.2, -0.15) is 12.6 Å². The molecule has 0 unspecified atom stereocenters. The zero-order valence-electron chi connectivity index (χ0n) is 34.8. The predicted octanol–water partition coefficient (Wildman–Crippen LogP) is -3.14. The quantitative estimate of drug-likeness (QED) is 0.0165. The van der Waals surface area contributed by atoms with Gasteiger partial charge in [0.15, 0.2) is 11.9 Å². The fourth-order valence-corrected chi connectivity index (χ4v) is 6.14. The Morgan fingerprint density at radius 1 is 0.583 bits per heavy atom. The number of rotatable bonds is 29. The number of benzene rings is 1. The number of guanidine groups is 2. The van der Waals surface area contributed by atoms with Gasteiger partial charge in [0.1, 0.15) is 36.3 Å². The number of carbonyl (C=O) groups is 7. The van der Waals surface area contributed by atoms with Crippen molar-refractivity contribution in [2.24, 2.45) is 50.3 Å². The summed E-state index contributed by atoms with van der Waals surface area (Å²) in [7, 11) is 0. The van der Waals surface area contributed by atoms with Gasteiger partial charge in [0.2, 0.25) is 41.4 Å². The Morgan fingerprint density at radius 2 is 1.00 bits per heavy atom. The Hall–Kier alpha value is -5.64. The van der Waals surface area contributed by atoms with Crippen molar-refractivity contribution >= 4 is 65.9 Å². The molecule has 22 heteroatoms. The molecule has 7 amide bonds. The summed E-state index contributed by atoms with van der Waals surface area (Å²) in [5, 5.41) is 15.8. The standard InChI is InChI=1S/C38H66N14O7S/c1-22(2)19-29(47-23(3)53)35(58)52-30(21-60)36(59)50-27(15-10-18-46-38(43)44)33(56)49-26(14-9-17-45-37(41)42)32(55)48-25(13-7-8-16-39)34(57)51-28(31(40)54)20-24-11-5-4-6-12-24/h4-6,11-12,22,25-30,60H,7-10,13-21,39H2,1-3H3,(H2,40,54)(H,47,53)(H,48,55)(H,49,56)(H,50,59)(H,51,57)(H,52,58)(H4,41,42,45)(H4,43,44,46)/t25-,26-,27-,28-,29-,30-/m0/s1. The van der Waals surface area contributed by atoms with E-state index in [2.05, 4.69) is 54.5 Å². The first-order chi connectivity index (χ1) is 28.4. The predicted molar refractivity (Wildman–Crippen MR) is 233 cm³/mol. The summed E-state index contributed by atoms with van der Waals surface area (Å²) in [6.07, 6.45) is 1.92. The van der Waals surface area contributed by atoms with Crippen LogP contribution in [0.25, 0.3) is 0 Å². The second kappa shape index (κ2) is 28.7. The van der Waals surface area contributed by atoms with Gasteiger partial charge in [0.05, 0.1) is 0 Å². The third kappa shape index (κ3) is 21.9. The topological polar surface area (TPSA) is 373 Å². The number of hydrogen-bond donors (Lipinski definition) is 13. The zero-order chi connectivity index (χ0) is 45.2. The molecule has 1 aromatic carbocycles. The molecule has 60 heavy (non-hydrogen) atoms. The second-order valence-corrected chi connectivity index (χ2v) is 15.0. The third-order valence-electron chi connectivity index (χ3n) is 8.90. The largest absolute Gasteiger partial charge is 0.370 e. The number of nitrogens with one attached hydrogen (secondary N) is 6. The number of amides is 7. The summed E-state index contributed by atoms with van der Waals surface area (Å²) >= 11 is 4.24. The Bertz CT molecular complexity index is 1610. The maximum Gasteiger partial charge on any atom is 0.244 e. The molecule has 0 radical (unpaired) electrons. The highest BCUT2D eigenvalue weighted by atomic mass is 32.1. The first kappa shape index (κ1) is 52.4. The average molecular weight is 863 g/mol. The fraction of sp³-hybridized carbons (Fsp3) is 0.605. The van der Waals surface area contributed by atoms with Gasteiger partial charge in [-0.15, -0.1) is 0 Å². The highest BCUT2D eigenvalue weighted by Crippen LogP contribution is 2.10. The summed E-state index contributed by atoms with van der Waals surface area (Å²) in [6.45, 7) is 5.53. The molecule has 1 aromatic rings. The van der Waals surface area contributed by atoms with Gasteiger partial charge < -0.3 is 66.3 Å². The SMILES string of the molecule is CC(=O)N[C@@H](CC(C)C)C(=O)N[C@@H](CS)C(=O)N[C@@H](CCCN=C(N)N)C(=O)N[C@@H](CCCN=C(N)N)C(=O)N[C@@H](CCCCN)C(=O)N[C@@H](Cc1ccccc1)C(N)=O. The minimum atomic E-state index is -1.28. The van der Waals surface area contributed by atoms with Crippen molar-refractivity contribution in [2.45, 2.75) is 115 Å². The first-order valence-corrected chi connectivity index (χ1v) is 20.5. The van der Waals surface area contributed by atoms with E-state index in [1.165, 1.54) is 6.92 Å². The molecule has 0 aliphatic heterocycles.